The molecule has 3 nitrogen and oxygen atoms in total. The molecule has 0 aliphatic carbocycles. The minimum Gasteiger partial charge on any atom is -0.252 e. The third-order valence-corrected chi connectivity index (χ3v) is 2.66. The minimum absolute atomic E-state index is 0.503. The highest BCUT2D eigenvalue weighted by Gasteiger charge is 2.07. The summed E-state index contributed by atoms with van der Waals surface area (Å²) < 4.78 is 0.730. The van der Waals surface area contributed by atoms with Crippen LogP contribution >= 0.6 is 15.9 Å². The lowest BCUT2D eigenvalue weighted by atomic mass is 10.2. The molecule has 0 unspecified atom stereocenters. The lowest BCUT2D eigenvalue weighted by molar-refractivity contribution is 1.26. The van der Waals surface area contributed by atoms with Crippen LogP contribution < -0.4 is 0 Å². The van der Waals surface area contributed by atoms with Gasteiger partial charge in [-0.3, -0.25) is 4.98 Å². The van der Waals surface area contributed by atoms with Crippen molar-refractivity contribution in [3.63, 3.8) is 0 Å². The van der Waals surface area contributed by atoms with Crippen molar-refractivity contribution in [2.24, 2.45) is 0 Å². The van der Waals surface area contributed by atoms with Crippen molar-refractivity contribution in [2.75, 3.05) is 0 Å². The van der Waals surface area contributed by atoms with E-state index in [1.165, 1.54) is 0 Å². The number of rotatable bonds is 1. The Hall–Kier alpha value is -1.73. The highest BCUT2D eigenvalue weighted by atomic mass is 79.9. The number of hydrogen-bond donors (Lipinski definition) is 0. The summed E-state index contributed by atoms with van der Waals surface area (Å²) in [6.07, 6.45) is 3.24. The van der Waals surface area contributed by atoms with Gasteiger partial charge in [0.1, 0.15) is 11.6 Å². The molecule has 4 heteroatoms. The van der Waals surface area contributed by atoms with Crippen molar-refractivity contribution < 1.29 is 0 Å². The average Bonchev–Trinajstić information content (AvgIpc) is 2.28. The summed E-state index contributed by atoms with van der Waals surface area (Å²) in [5.74, 6) is 0. The third kappa shape index (κ3) is 1.62. The summed E-state index contributed by atoms with van der Waals surface area (Å²) in [6, 6.07) is 5.72. The van der Waals surface area contributed by atoms with Crippen LogP contribution in [0.1, 0.15) is 11.3 Å². The average molecular weight is 260 g/mol. The van der Waals surface area contributed by atoms with Crippen molar-refractivity contribution in [1.29, 1.82) is 5.26 Å². The smallest absolute Gasteiger partial charge is 0.108 e. The van der Waals surface area contributed by atoms with E-state index in [-0.39, 0.29) is 0 Å². The SMILES string of the molecule is C=Cc1cnc2ccc(Br)c(C#N)c2n1. The van der Waals surface area contributed by atoms with Crippen LogP contribution in [-0.2, 0) is 0 Å². The maximum atomic E-state index is 9.01. The van der Waals surface area contributed by atoms with E-state index < -0.39 is 0 Å². The van der Waals surface area contributed by atoms with Crippen LogP contribution in [0.15, 0.2) is 29.4 Å². The largest absolute Gasteiger partial charge is 0.252 e. The van der Waals surface area contributed by atoms with E-state index in [0.29, 0.717) is 22.3 Å². The highest BCUT2D eigenvalue weighted by Crippen LogP contribution is 2.23. The lowest BCUT2D eigenvalue weighted by Gasteiger charge is -2.01. The van der Waals surface area contributed by atoms with E-state index in [1.54, 1.807) is 18.3 Å². The highest BCUT2D eigenvalue weighted by molar-refractivity contribution is 9.10. The number of hydrogen-bond acceptors (Lipinski definition) is 3. The second kappa shape index (κ2) is 3.79. The molecule has 0 spiro atoms. The molecule has 0 radical (unpaired) electrons. The summed E-state index contributed by atoms with van der Waals surface area (Å²) in [7, 11) is 0. The molecule has 0 aliphatic heterocycles. The second-order valence-electron chi connectivity index (χ2n) is 2.90. The van der Waals surface area contributed by atoms with Gasteiger partial charge >= 0.3 is 0 Å². The summed E-state index contributed by atoms with van der Waals surface area (Å²) in [5.41, 5.74) is 2.48. The molecule has 1 aromatic heterocycles. The van der Waals surface area contributed by atoms with Gasteiger partial charge in [-0.05, 0) is 34.1 Å². The van der Waals surface area contributed by atoms with E-state index >= 15 is 0 Å². The van der Waals surface area contributed by atoms with Gasteiger partial charge in [0.25, 0.3) is 0 Å². The zero-order valence-corrected chi connectivity index (χ0v) is 9.32. The number of halogens is 1. The molecule has 2 rings (SSSR count). The quantitative estimate of drug-likeness (QED) is 0.792. The third-order valence-electron chi connectivity index (χ3n) is 2.00. The first kappa shape index (κ1) is 9.81. The van der Waals surface area contributed by atoms with E-state index in [2.05, 4.69) is 38.5 Å². The molecule has 0 N–H and O–H groups in total. The van der Waals surface area contributed by atoms with Crippen LogP contribution in [0.3, 0.4) is 0 Å². The van der Waals surface area contributed by atoms with Gasteiger partial charge in [0.2, 0.25) is 0 Å². The summed E-state index contributed by atoms with van der Waals surface area (Å²) in [5, 5.41) is 9.01. The van der Waals surface area contributed by atoms with Gasteiger partial charge in [-0.1, -0.05) is 6.58 Å². The minimum atomic E-state index is 0.503. The number of nitriles is 1. The molecule has 0 aliphatic rings. The summed E-state index contributed by atoms with van der Waals surface area (Å²) >= 11 is 3.31. The van der Waals surface area contributed by atoms with E-state index in [4.69, 9.17) is 5.26 Å². The molecule has 1 heterocycles. The van der Waals surface area contributed by atoms with Crippen molar-refractivity contribution in [3.8, 4) is 6.07 Å². The molecule has 0 bridgehead atoms. The molecule has 0 amide bonds. The normalized spacial score (nSPS) is 9.87. The summed E-state index contributed by atoms with van der Waals surface area (Å²) in [4.78, 5) is 8.49. The van der Waals surface area contributed by atoms with Crippen LogP contribution in [-0.4, -0.2) is 9.97 Å². The molecule has 0 saturated heterocycles. The van der Waals surface area contributed by atoms with Crippen molar-refractivity contribution >= 4 is 33.0 Å². The zero-order valence-electron chi connectivity index (χ0n) is 7.74. The Balaban J connectivity index is 2.89. The van der Waals surface area contributed by atoms with Crippen molar-refractivity contribution in [1.82, 2.24) is 9.97 Å². The molecular weight excluding hydrogens is 254 g/mol. The van der Waals surface area contributed by atoms with E-state index in [0.717, 1.165) is 4.47 Å². The number of aromatic nitrogens is 2. The van der Waals surface area contributed by atoms with Crippen LogP contribution in [0.4, 0.5) is 0 Å². The first-order valence-corrected chi connectivity index (χ1v) is 5.03. The van der Waals surface area contributed by atoms with Gasteiger partial charge in [0.15, 0.2) is 0 Å². The molecule has 0 fully saturated rings. The Morgan fingerprint density at radius 1 is 1.47 bits per heavy atom. The van der Waals surface area contributed by atoms with Crippen LogP contribution in [0.5, 0.6) is 0 Å². The molecule has 15 heavy (non-hydrogen) atoms. The monoisotopic (exact) mass is 259 g/mol. The maximum absolute atomic E-state index is 9.01. The molecule has 2 aromatic rings. The van der Waals surface area contributed by atoms with Gasteiger partial charge in [-0.25, -0.2) is 4.98 Å². The van der Waals surface area contributed by atoms with Crippen LogP contribution in [0, 0.1) is 11.3 Å². The fourth-order valence-electron chi connectivity index (χ4n) is 1.27. The van der Waals surface area contributed by atoms with Gasteiger partial charge in [0, 0.05) is 4.47 Å². The Labute approximate surface area is 95.2 Å². The predicted molar refractivity (Wildman–Crippen MR) is 62.0 cm³/mol. The number of benzene rings is 1. The van der Waals surface area contributed by atoms with E-state index in [9.17, 15) is 0 Å². The topological polar surface area (TPSA) is 49.6 Å². The molecular formula is C11H6BrN3. The van der Waals surface area contributed by atoms with E-state index in [1.807, 2.05) is 6.07 Å². The van der Waals surface area contributed by atoms with Crippen LogP contribution in [0.25, 0.3) is 17.1 Å². The standard InChI is InChI=1S/C11H6BrN3/c1-2-7-6-14-10-4-3-9(12)8(5-13)11(10)15-7/h2-4,6H,1H2. The van der Waals surface area contributed by atoms with Gasteiger partial charge in [-0.15, -0.1) is 0 Å². The van der Waals surface area contributed by atoms with Gasteiger partial charge < -0.3 is 0 Å². The first-order chi connectivity index (χ1) is 7.26. The maximum Gasteiger partial charge on any atom is 0.108 e. The van der Waals surface area contributed by atoms with Crippen molar-refractivity contribution in [2.45, 2.75) is 0 Å². The number of fused-ring (bicyclic) bond motifs is 1. The molecule has 0 atom stereocenters. The summed E-state index contributed by atoms with van der Waals surface area (Å²) in [6.45, 7) is 3.62. The molecule has 0 saturated carbocycles. The second-order valence-corrected chi connectivity index (χ2v) is 3.76. The van der Waals surface area contributed by atoms with Gasteiger partial charge in [0.05, 0.1) is 23.0 Å². The van der Waals surface area contributed by atoms with Crippen LogP contribution in [0.2, 0.25) is 0 Å². The molecule has 72 valence electrons. The Bertz CT molecular complexity index is 584. The lowest BCUT2D eigenvalue weighted by Crippen LogP contribution is -1.91. The number of nitrogens with zero attached hydrogens (tertiary/aromatic N) is 3. The fraction of sp³-hybridized carbons (Fsp3) is 0. The van der Waals surface area contributed by atoms with Gasteiger partial charge in [-0.2, -0.15) is 5.26 Å². The predicted octanol–water partition coefficient (Wildman–Crippen LogP) is 2.91. The zero-order chi connectivity index (χ0) is 10.8. The first-order valence-electron chi connectivity index (χ1n) is 4.24. The Morgan fingerprint density at radius 3 is 2.93 bits per heavy atom. The molecule has 1 aromatic carbocycles. The Kier molecular flexibility index (Phi) is 2.48. The van der Waals surface area contributed by atoms with Crippen molar-refractivity contribution in [3.05, 3.63) is 40.6 Å². The fourth-order valence-corrected chi connectivity index (χ4v) is 1.68. The Morgan fingerprint density at radius 2 is 2.27 bits per heavy atom.